The molecule has 1 aliphatic heterocycles. The van der Waals surface area contributed by atoms with E-state index in [1.807, 2.05) is 0 Å². The Hall–Kier alpha value is -0.900. The molecule has 2 N–H and O–H groups in total. The maximum absolute atomic E-state index is 12.7. The van der Waals surface area contributed by atoms with Gasteiger partial charge in [0, 0.05) is 31.5 Å². The Morgan fingerprint density at radius 2 is 1.95 bits per heavy atom. The summed E-state index contributed by atoms with van der Waals surface area (Å²) in [5.41, 5.74) is 0.0769. The SMILES string of the molecule is CC(=O)NC1C2CCCCC2NC2CC(C)(C)CC(=O)C21. The molecule has 1 heterocycles. The van der Waals surface area contributed by atoms with E-state index in [9.17, 15) is 9.59 Å². The molecule has 0 aromatic carbocycles. The summed E-state index contributed by atoms with van der Waals surface area (Å²) in [6.45, 7) is 5.94. The van der Waals surface area contributed by atoms with Crippen molar-refractivity contribution in [2.75, 3.05) is 0 Å². The maximum Gasteiger partial charge on any atom is 0.217 e. The van der Waals surface area contributed by atoms with Crippen molar-refractivity contribution in [1.82, 2.24) is 10.6 Å². The molecule has 0 radical (unpaired) electrons. The molecular formula is C17H28N2O2. The lowest BCUT2D eigenvalue weighted by Gasteiger charge is -2.53. The summed E-state index contributed by atoms with van der Waals surface area (Å²) in [6.07, 6.45) is 6.46. The van der Waals surface area contributed by atoms with Crippen molar-refractivity contribution in [2.24, 2.45) is 17.3 Å². The van der Waals surface area contributed by atoms with Crippen molar-refractivity contribution in [2.45, 2.75) is 77.4 Å². The highest BCUT2D eigenvalue weighted by atomic mass is 16.1. The second kappa shape index (κ2) is 5.38. The number of carbonyl (C=O) groups is 2. The molecule has 5 atom stereocenters. The highest BCUT2D eigenvalue weighted by molar-refractivity contribution is 5.85. The third-order valence-electron chi connectivity index (χ3n) is 5.70. The molecule has 3 aliphatic rings. The number of nitrogens with one attached hydrogen (secondary N) is 2. The number of amides is 1. The van der Waals surface area contributed by atoms with Crippen molar-refractivity contribution in [1.29, 1.82) is 0 Å². The molecule has 0 aromatic heterocycles. The van der Waals surface area contributed by atoms with Crippen LogP contribution in [0.4, 0.5) is 0 Å². The molecular weight excluding hydrogens is 264 g/mol. The predicted molar refractivity (Wildman–Crippen MR) is 81.8 cm³/mol. The van der Waals surface area contributed by atoms with E-state index in [1.165, 1.54) is 19.3 Å². The normalized spacial score (nSPS) is 41.9. The van der Waals surface area contributed by atoms with Crippen LogP contribution in [0.2, 0.25) is 0 Å². The molecule has 2 aliphatic carbocycles. The largest absolute Gasteiger partial charge is 0.352 e. The molecule has 0 aromatic rings. The summed E-state index contributed by atoms with van der Waals surface area (Å²) in [5, 5.41) is 6.91. The molecule has 3 rings (SSSR count). The number of fused-ring (bicyclic) bond motifs is 2. The molecule has 2 saturated carbocycles. The third-order valence-corrected chi connectivity index (χ3v) is 5.70. The molecule has 0 spiro atoms. The van der Waals surface area contributed by atoms with E-state index >= 15 is 0 Å². The fraction of sp³-hybridized carbons (Fsp3) is 0.882. The number of carbonyl (C=O) groups excluding carboxylic acids is 2. The number of Topliss-reactive ketones (excluding diaryl/α,β-unsaturated/α-hetero) is 1. The van der Waals surface area contributed by atoms with Crippen LogP contribution in [0.25, 0.3) is 0 Å². The number of hydrogen-bond donors (Lipinski definition) is 2. The van der Waals surface area contributed by atoms with Gasteiger partial charge < -0.3 is 10.6 Å². The smallest absolute Gasteiger partial charge is 0.217 e. The predicted octanol–water partition coefficient (Wildman–Crippen LogP) is 2.03. The van der Waals surface area contributed by atoms with E-state index in [1.54, 1.807) is 6.92 Å². The number of rotatable bonds is 1. The first-order chi connectivity index (χ1) is 9.87. The quantitative estimate of drug-likeness (QED) is 0.777. The average molecular weight is 292 g/mol. The minimum atomic E-state index is -0.0266. The van der Waals surface area contributed by atoms with Gasteiger partial charge in [-0.05, 0) is 30.6 Å². The zero-order valence-electron chi connectivity index (χ0n) is 13.4. The average Bonchev–Trinajstić information content (AvgIpc) is 2.35. The summed E-state index contributed by atoms with van der Waals surface area (Å²) in [7, 11) is 0. The number of ketones is 1. The third kappa shape index (κ3) is 2.87. The Morgan fingerprint density at radius 3 is 2.67 bits per heavy atom. The first-order valence-electron chi connectivity index (χ1n) is 8.43. The van der Waals surface area contributed by atoms with Crippen molar-refractivity contribution in [3.8, 4) is 0 Å². The molecule has 5 unspecified atom stereocenters. The summed E-state index contributed by atoms with van der Waals surface area (Å²) in [4.78, 5) is 24.4. The van der Waals surface area contributed by atoms with Gasteiger partial charge in [0.05, 0.1) is 5.92 Å². The summed E-state index contributed by atoms with van der Waals surface area (Å²) >= 11 is 0. The van der Waals surface area contributed by atoms with Gasteiger partial charge >= 0.3 is 0 Å². The van der Waals surface area contributed by atoms with Crippen LogP contribution in [0.15, 0.2) is 0 Å². The van der Waals surface area contributed by atoms with E-state index < -0.39 is 0 Å². The van der Waals surface area contributed by atoms with Crippen molar-refractivity contribution >= 4 is 11.7 Å². The van der Waals surface area contributed by atoms with E-state index in [2.05, 4.69) is 24.5 Å². The van der Waals surface area contributed by atoms with Gasteiger partial charge in [0.2, 0.25) is 5.91 Å². The molecule has 1 amide bonds. The van der Waals surface area contributed by atoms with Crippen LogP contribution >= 0.6 is 0 Å². The second-order valence-corrected chi connectivity index (χ2v) is 8.09. The first kappa shape index (κ1) is 15.0. The van der Waals surface area contributed by atoms with Crippen LogP contribution < -0.4 is 10.6 Å². The first-order valence-corrected chi connectivity index (χ1v) is 8.43. The molecule has 4 heteroatoms. The minimum Gasteiger partial charge on any atom is -0.352 e. The minimum absolute atomic E-state index is 0.00241. The lowest BCUT2D eigenvalue weighted by atomic mass is 9.61. The van der Waals surface area contributed by atoms with Crippen LogP contribution in [-0.2, 0) is 9.59 Å². The van der Waals surface area contributed by atoms with E-state index in [4.69, 9.17) is 0 Å². The van der Waals surface area contributed by atoms with Gasteiger partial charge in [0.25, 0.3) is 0 Å². The van der Waals surface area contributed by atoms with Crippen molar-refractivity contribution < 1.29 is 9.59 Å². The standard InChI is InChI=1S/C17H28N2O2/c1-10(20)18-16-11-6-4-5-7-12(11)19-13-8-17(2,3)9-14(21)15(13)16/h11-13,15-16,19H,4-9H2,1-3H3,(H,18,20). The highest BCUT2D eigenvalue weighted by Crippen LogP contribution is 2.44. The Balaban J connectivity index is 1.89. The van der Waals surface area contributed by atoms with Gasteiger partial charge in [0.15, 0.2) is 0 Å². The Labute approximate surface area is 127 Å². The van der Waals surface area contributed by atoms with E-state index in [0.29, 0.717) is 24.2 Å². The highest BCUT2D eigenvalue weighted by Gasteiger charge is 2.52. The topological polar surface area (TPSA) is 58.2 Å². The van der Waals surface area contributed by atoms with Crippen LogP contribution in [0, 0.1) is 17.3 Å². The van der Waals surface area contributed by atoms with Gasteiger partial charge in [-0.25, -0.2) is 0 Å². The lowest BCUT2D eigenvalue weighted by molar-refractivity contribution is -0.135. The van der Waals surface area contributed by atoms with E-state index in [0.717, 1.165) is 12.8 Å². The summed E-state index contributed by atoms with van der Waals surface area (Å²) < 4.78 is 0. The zero-order chi connectivity index (χ0) is 15.2. The van der Waals surface area contributed by atoms with E-state index in [-0.39, 0.29) is 29.3 Å². The van der Waals surface area contributed by atoms with Gasteiger partial charge in [-0.15, -0.1) is 0 Å². The Bertz CT molecular complexity index is 446. The molecule has 1 saturated heterocycles. The zero-order valence-corrected chi connectivity index (χ0v) is 13.4. The fourth-order valence-electron chi connectivity index (χ4n) is 4.99. The van der Waals surface area contributed by atoms with Gasteiger partial charge in [0.1, 0.15) is 5.78 Å². The molecule has 21 heavy (non-hydrogen) atoms. The van der Waals surface area contributed by atoms with Gasteiger partial charge in [-0.1, -0.05) is 26.7 Å². The van der Waals surface area contributed by atoms with Crippen molar-refractivity contribution in [3.05, 3.63) is 0 Å². The maximum atomic E-state index is 12.7. The number of hydrogen-bond acceptors (Lipinski definition) is 3. The summed E-state index contributed by atoms with van der Waals surface area (Å²) in [5.74, 6) is 0.740. The van der Waals surface area contributed by atoms with Crippen LogP contribution in [0.5, 0.6) is 0 Å². The van der Waals surface area contributed by atoms with Crippen molar-refractivity contribution in [3.63, 3.8) is 0 Å². The molecule has 4 nitrogen and oxygen atoms in total. The van der Waals surface area contributed by atoms with Crippen LogP contribution in [0.3, 0.4) is 0 Å². The second-order valence-electron chi connectivity index (χ2n) is 8.09. The monoisotopic (exact) mass is 292 g/mol. The van der Waals surface area contributed by atoms with Crippen LogP contribution in [0.1, 0.15) is 59.3 Å². The lowest BCUT2D eigenvalue weighted by Crippen LogP contribution is -2.68. The molecule has 3 fully saturated rings. The molecule has 118 valence electrons. The molecule has 0 bridgehead atoms. The van der Waals surface area contributed by atoms with Crippen LogP contribution in [-0.4, -0.2) is 29.8 Å². The van der Waals surface area contributed by atoms with Gasteiger partial charge in [-0.3, -0.25) is 9.59 Å². The number of piperidine rings is 1. The fourth-order valence-corrected chi connectivity index (χ4v) is 4.99. The Kier molecular flexibility index (Phi) is 3.85. The van der Waals surface area contributed by atoms with Gasteiger partial charge in [-0.2, -0.15) is 0 Å². The summed E-state index contributed by atoms with van der Waals surface area (Å²) in [6, 6.07) is 0.749. The Morgan fingerprint density at radius 1 is 1.24 bits per heavy atom.